The van der Waals surface area contributed by atoms with E-state index < -0.39 is 11.9 Å². The van der Waals surface area contributed by atoms with Crippen LogP contribution >= 0.6 is 0 Å². The zero-order valence-electron chi connectivity index (χ0n) is 11.5. The van der Waals surface area contributed by atoms with Gasteiger partial charge >= 0.3 is 5.97 Å². The lowest BCUT2D eigenvalue weighted by atomic mass is 9.99. The number of nitrogens with zero attached hydrogens (tertiary/aromatic N) is 1. The predicted molar refractivity (Wildman–Crippen MR) is 74.1 cm³/mol. The number of aromatic nitrogens is 1. The molecule has 4 nitrogen and oxygen atoms in total. The molecule has 0 saturated carbocycles. The number of aliphatic carboxylic acids is 1. The maximum Gasteiger partial charge on any atom is 0.307 e. The van der Waals surface area contributed by atoms with Crippen molar-refractivity contribution in [2.45, 2.75) is 19.4 Å². The lowest BCUT2D eigenvalue weighted by Crippen LogP contribution is -2.17. The molecule has 0 aliphatic carbocycles. The SMILES string of the molecule is Cc1cc2cc(F)c(C3CC(C(=O)O)CN3)cc2n1C. The summed E-state index contributed by atoms with van der Waals surface area (Å²) in [4.78, 5) is 11.0. The first-order valence-electron chi connectivity index (χ1n) is 6.69. The Balaban J connectivity index is 2.01. The highest BCUT2D eigenvalue weighted by molar-refractivity contribution is 5.82. The van der Waals surface area contributed by atoms with Gasteiger partial charge in [-0.05, 0) is 31.5 Å². The average molecular weight is 276 g/mol. The van der Waals surface area contributed by atoms with Crippen molar-refractivity contribution in [2.24, 2.45) is 13.0 Å². The van der Waals surface area contributed by atoms with Crippen LogP contribution in [0.1, 0.15) is 23.7 Å². The lowest BCUT2D eigenvalue weighted by molar-refractivity contribution is -0.141. The highest BCUT2D eigenvalue weighted by Crippen LogP contribution is 2.32. The van der Waals surface area contributed by atoms with Crippen LogP contribution in [-0.4, -0.2) is 22.2 Å². The molecule has 2 unspecified atom stereocenters. The number of hydrogen-bond acceptors (Lipinski definition) is 2. The minimum Gasteiger partial charge on any atom is -0.481 e. The van der Waals surface area contributed by atoms with E-state index >= 15 is 0 Å². The summed E-state index contributed by atoms with van der Waals surface area (Å²) < 4.78 is 16.3. The Morgan fingerprint density at radius 2 is 2.20 bits per heavy atom. The molecule has 2 N–H and O–H groups in total. The summed E-state index contributed by atoms with van der Waals surface area (Å²) in [5, 5.41) is 13.0. The highest BCUT2D eigenvalue weighted by Gasteiger charge is 2.31. The second kappa shape index (κ2) is 4.59. The molecule has 2 atom stereocenters. The number of hydrogen-bond donors (Lipinski definition) is 2. The molecular weight excluding hydrogens is 259 g/mol. The van der Waals surface area contributed by atoms with Crippen molar-refractivity contribution in [1.29, 1.82) is 0 Å². The van der Waals surface area contributed by atoms with Gasteiger partial charge < -0.3 is 15.0 Å². The molecule has 0 amide bonds. The third kappa shape index (κ3) is 1.98. The molecule has 1 saturated heterocycles. The van der Waals surface area contributed by atoms with Gasteiger partial charge in [-0.1, -0.05) is 0 Å². The summed E-state index contributed by atoms with van der Waals surface area (Å²) in [5.74, 6) is -1.53. The summed E-state index contributed by atoms with van der Waals surface area (Å²) in [5.41, 5.74) is 2.60. The van der Waals surface area contributed by atoms with Crippen molar-refractivity contribution in [3.05, 3.63) is 35.3 Å². The number of nitrogens with one attached hydrogen (secondary N) is 1. The Bertz CT molecular complexity index is 693. The van der Waals surface area contributed by atoms with Gasteiger partial charge in [0.15, 0.2) is 0 Å². The van der Waals surface area contributed by atoms with Gasteiger partial charge in [-0.2, -0.15) is 0 Å². The molecule has 2 heterocycles. The van der Waals surface area contributed by atoms with Crippen LogP contribution in [-0.2, 0) is 11.8 Å². The van der Waals surface area contributed by atoms with Crippen molar-refractivity contribution >= 4 is 16.9 Å². The molecule has 20 heavy (non-hydrogen) atoms. The molecule has 1 aliphatic rings. The Morgan fingerprint density at radius 1 is 1.45 bits per heavy atom. The fourth-order valence-corrected chi connectivity index (χ4v) is 2.94. The molecule has 0 spiro atoms. The molecule has 5 heteroatoms. The first kappa shape index (κ1) is 13.1. The number of fused-ring (bicyclic) bond motifs is 1. The summed E-state index contributed by atoms with van der Waals surface area (Å²) in [6.45, 7) is 2.37. The number of carbonyl (C=O) groups is 1. The van der Waals surface area contributed by atoms with Crippen molar-refractivity contribution in [3.8, 4) is 0 Å². The number of halogens is 1. The third-order valence-corrected chi connectivity index (χ3v) is 4.26. The Labute approximate surface area is 116 Å². The number of benzene rings is 1. The van der Waals surface area contributed by atoms with E-state index in [0.717, 1.165) is 16.6 Å². The molecule has 1 aliphatic heterocycles. The summed E-state index contributed by atoms with van der Waals surface area (Å²) in [6.07, 6.45) is 0.432. The van der Waals surface area contributed by atoms with E-state index in [9.17, 15) is 9.18 Å². The maximum absolute atomic E-state index is 14.2. The molecular formula is C15H17FN2O2. The molecule has 0 bridgehead atoms. The first-order chi connectivity index (χ1) is 9.47. The fourth-order valence-electron chi connectivity index (χ4n) is 2.94. The largest absolute Gasteiger partial charge is 0.481 e. The standard InChI is InChI=1S/C15H17FN2O2/c1-8-3-9-4-12(16)11(6-14(9)18(8)2)13-5-10(7-17-13)15(19)20/h3-4,6,10,13,17H,5,7H2,1-2H3,(H,19,20). The Kier molecular flexibility index (Phi) is 3.01. The molecule has 3 rings (SSSR count). The van der Waals surface area contributed by atoms with E-state index in [1.54, 1.807) is 0 Å². The van der Waals surface area contributed by atoms with Crippen molar-refractivity contribution in [2.75, 3.05) is 6.54 Å². The van der Waals surface area contributed by atoms with Crippen LogP contribution in [0.15, 0.2) is 18.2 Å². The van der Waals surface area contributed by atoms with Crippen LogP contribution in [0.4, 0.5) is 4.39 Å². The molecule has 0 radical (unpaired) electrons. The number of aryl methyl sites for hydroxylation is 2. The van der Waals surface area contributed by atoms with Crippen LogP contribution in [0.5, 0.6) is 0 Å². The van der Waals surface area contributed by atoms with E-state index in [0.29, 0.717) is 18.5 Å². The topological polar surface area (TPSA) is 54.3 Å². The van der Waals surface area contributed by atoms with E-state index in [-0.39, 0.29) is 11.9 Å². The summed E-state index contributed by atoms with van der Waals surface area (Å²) in [6, 6.07) is 5.09. The summed E-state index contributed by atoms with van der Waals surface area (Å²) >= 11 is 0. The first-order valence-corrected chi connectivity index (χ1v) is 6.69. The van der Waals surface area contributed by atoms with Gasteiger partial charge in [-0.3, -0.25) is 4.79 Å². The smallest absolute Gasteiger partial charge is 0.307 e. The normalized spacial score (nSPS) is 22.6. The Hall–Kier alpha value is -1.88. The number of carboxylic acids is 1. The maximum atomic E-state index is 14.2. The van der Waals surface area contributed by atoms with E-state index in [1.165, 1.54) is 6.07 Å². The molecule has 2 aromatic rings. The van der Waals surface area contributed by atoms with Gasteiger partial charge in [0, 0.05) is 41.8 Å². The lowest BCUT2D eigenvalue weighted by Gasteiger charge is -2.13. The van der Waals surface area contributed by atoms with E-state index in [1.807, 2.05) is 30.7 Å². The molecule has 1 aromatic heterocycles. The van der Waals surface area contributed by atoms with Gasteiger partial charge in [0.25, 0.3) is 0 Å². The van der Waals surface area contributed by atoms with Crippen molar-refractivity contribution < 1.29 is 14.3 Å². The average Bonchev–Trinajstić information content (AvgIpc) is 2.96. The minimum atomic E-state index is -0.823. The molecule has 106 valence electrons. The highest BCUT2D eigenvalue weighted by atomic mass is 19.1. The number of carboxylic acid groups (broad SMARTS) is 1. The van der Waals surface area contributed by atoms with Gasteiger partial charge in [-0.25, -0.2) is 4.39 Å². The fraction of sp³-hybridized carbons (Fsp3) is 0.400. The van der Waals surface area contributed by atoms with E-state index in [2.05, 4.69) is 5.32 Å². The van der Waals surface area contributed by atoms with Crippen molar-refractivity contribution in [3.63, 3.8) is 0 Å². The third-order valence-electron chi connectivity index (χ3n) is 4.26. The number of rotatable bonds is 2. The van der Waals surface area contributed by atoms with E-state index in [4.69, 9.17) is 5.11 Å². The van der Waals surface area contributed by atoms with Crippen molar-refractivity contribution in [1.82, 2.24) is 9.88 Å². The van der Waals surface area contributed by atoms with Gasteiger partial charge in [0.05, 0.1) is 5.92 Å². The van der Waals surface area contributed by atoms with Gasteiger partial charge in [0.1, 0.15) is 5.82 Å². The minimum absolute atomic E-state index is 0.226. The van der Waals surface area contributed by atoms with Crippen LogP contribution in [0.2, 0.25) is 0 Å². The Morgan fingerprint density at radius 3 is 2.85 bits per heavy atom. The quantitative estimate of drug-likeness (QED) is 0.885. The van der Waals surface area contributed by atoms with Gasteiger partial charge in [-0.15, -0.1) is 0 Å². The summed E-state index contributed by atoms with van der Waals surface area (Å²) in [7, 11) is 1.95. The molecule has 1 fully saturated rings. The second-order valence-electron chi connectivity index (χ2n) is 5.51. The molecule has 1 aromatic carbocycles. The zero-order valence-corrected chi connectivity index (χ0v) is 11.5. The second-order valence-corrected chi connectivity index (χ2v) is 5.51. The van der Waals surface area contributed by atoms with Crippen LogP contribution in [0.3, 0.4) is 0 Å². The van der Waals surface area contributed by atoms with Crippen LogP contribution in [0.25, 0.3) is 10.9 Å². The monoisotopic (exact) mass is 276 g/mol. The predicted octanol–water partition coefficient (Wildman–Crippen LogP) is 2.36. The van der Waals surface area contributed by atoms with Gasteiger partial charge in [0.2, 0.25) is 0 Å². The zero-order chi connectivity index (χ0) is 14.4. The van der Waals surface area contributed by atoms with Crippen LogP contribution < -0.4 is 5.32 Å². The van der Waals surface area contributed by atoms with Crippen LogP contribution in [0, 0.1) is 18.7 Å².